The van der Waals surface area contributed by atoms with Crippen molar-refractivity contribution in [2.24, 2.45) is 5.92 Å². The van der Waals surface area contributed by atoms with Gasteiger partial charge in [-0.1, -0.05) is 26.0 Å². The first-order valence-electron chi connectivity index (χ1n) is 9.86. The van der Waals surface area contributed by atoms with Crippen molar-refractivity contribution in [1.29, 1.82) is 0 Å². The first kappa shape index (κ1) is 27.8. The molecule has 3 atom stereocenters. The van der Waals surface area contributed by atoms with Crippen LogP contribution in [0.25, 0.3) is 0 Å². The molecule has 1 saturated heterocycles. The standard InChI is InChI=1S/C16H22F4N2.C4H6O6/c1-11(2)9-22(13-6-7-21-8-13)10-12-4-3-5-14(17)15(12)16(18,19)20;5-1(3(7)8)2(6)4(9)10/h3-5,11,13,21H,6-10H2,1-2H3;1-2,5-6H,(H,7,8)(H,9,10)/t13-;/m0./s1. The molecule has 8 nitrogen and oxygen atoms in total. The van der Waals surface area contributed by atoms with Crippen LogP contribution in [-0.2, 0) is 22.3 Å². The first-order valence-corrected chi connectivity index (χ1v) is 9.86. The van der Waals surface area contributed by atoms with E-state index in [0.717, 1.165) is 25.6 Å². The number of aliphatic hydroxyl groups excluding tert-OH is 2. The Morgan fingerprint density at radius 3 is 2.12 bits per heavy atom. The Kier molecular flexibility index (Phi) is 10.5. The van der Waals surface area contributed by atoms with E-state index in [-0.39, 0.29) is 18.2 Å². The molecule has 2 rings (SSSR count). The van der Waals surface area contributed by atoms with Crippen LogP contribution in [0.3, 0.4) is 0 Å². The molecule has 1 aliphatic heterocycles. The van der Waals surface area contributed by atoms with Crippen LogP contribution in [0.15, 0.2) is 18.2 Å². The first-order chi connectivity index (χ1) is 14.8. The van der Waals surface area contributed by atoms with Crippen molar-refractivity contribution in [1.82, 2.24) is 10.2 Å². The number of carboxylic acid groups (broad SMARTS) is 2. The van der Waals surface area contributed by atoms with Gasteiger partial charge in [0.15, 0.2) is 12.2 Å². The third kappa shape index (κ3) is 8.34. The molecule has 0 bridgehead atoms. The number of carbonyl (C=O) groups is 2. The number of nitrogens with zero attached hydrogens (tertiary/aromatic N) is 1. The van der Waals surface area contributed by atoms with E-state index in [0.29, 0.717) is 12.5 Å². The van der Waals surface area contributed by atoms with Gasteiger partial charge < -0.3 is 25.7 Å². The molecule has 1 fully saturated rings. The van der Waals surface area contributed by atoms with Gasteiger partial charge in [-0.05, 0) is 30.5 Å². The molecule has 0 radical (unpaired) electrons. The van der Waals surface area contributed by atoms with Crippen molar-refractivity contribution >= 4 is 11.9 Å². The van der Waals surface area contributed by atoms with Crippen LogP contribution in [0, 0.1) is 11.7 Å². The highest BCUT2D eigenvalue weighted by molar-refractivity contribution is 5.83. The van der Waals surface area contributed by atoms with Crippen LogP contribution in [0.5, 0.6) is 0 Å². The average Bonchev–Trinajstić information content (AvgIpc) is 3.20. The van der Waals surface area contributed by atoms with Gasteiger partial charge in [-0.2, -0.15) is 13.2 Å². The molecule has 32 heavy (non-hydrogen) atoms. The van der Waals surface area contributed by atoms with Crippen molar-refractivity contribution in [2.45, 2.75) is 51.2 Å². The number of benzene rings is 1. The van der Waals surface area contributed by atoms with Gasteiger partial charge in [-0.25, -0.2) is 14.0 Å². The lowest BCUT2D eigenvalue weighted by Crippen LogP contribution is -2.39. The van der Waals surface area contributed by atoms with Gasteiger partial charge >= 0.3 is 18.1 Å². The molecular weight excluding hydrogens is 440 g/mol. The number of carboxylic acids is 2. The molecule has 1 aromatic carbocycles. The number of rotatable bonds is 8. The highest BCUT2D eigenvalue weighted by Crippen LogP contribution is 2.35. The number of aliphatic hydroxyl groups is 2. The lowest BCUT2D eigenvalue weighted by atomic mass is 10.0. The van der Waals surface area contributed by atoms with Gasteiger partial charge in [0, 0.05) is 25.7 Å². The second kappa shape index (κ2) is 12.1. The van der Waals surface area contributed by atoms with Crippen LogP contribution in [0.1, 0.15) is 31.4 Å². The van der Waals surface area contributed by atoms with E-state index in [1.54, 1.807) is 0 Å². The van der Waals surface area contributed by atoms with Crippen molar-refractivity contribution in [2.75, 3.05) is 19.6 Å². The zero-order chi connectivity index (χ0) is 24.6. The predicted molar refractivity (Wildman–Crippen MR) is 105 cm³/mol. The van der Waals surface area contributed by atoms with Crippen LogP contribution in [-0.4, -0.2) is 75.1 Å². The van der Waals surface area contributed by atoms with Crippen LogP contribution < -0.4 is 5.32 Å². The molecule has 0 saturated carbocycles. The molecule has 0 aromatic heterocycles. The van der Waals surface area contributed by atoms with Gasteiger partial charge in [0.05, 0.1) is 5.56 Å². The third-order valence-electron chi connectivity index (χ3n) is 4.71. The van der Waals surface area contributed by atoms with Crippen molar-refractivity contribution in [3.63, 3.8) is 0 Å². The predicted octanol–water partition coefficient (Wildman–Crippen LogP) is 1.54. The van der Waals surface area contributed by atoms with E-state index in [2.05, 4.69) is 5.32 Å². The fourth-order valence-electron chi connectivity index (χ4n) is 3.27. The summed E-state index contributed by atoms with van der Waals surface area (Å²) < 4.78 is 53.1. The summed E-state index contributed by atoms with van der Waals surface area (Å²) in [6.07, 6.45) is -8.29. The minimum Gasteiger partial charge on any atom is -0.479 e. The van der Waals surface area contributed by atoms with Crippen molar-refractivity contribution in [3.05, 3.63) is 35.1 Å². The smallest absolute Gasteiger partial charge is 0.419 e. The third-order valence-corrected chi connectivity index (χ3v) is 4.71. The fraction of sp³-hybridized carbons (Fsp3) is 0.600. The highest BCUT2D eigenvalue weighted by Gasteiger charge is 2.37. The Bertz CT molecular complexity index is 751. The topological polar surface area (TPSA) is 130 Å². The van der Waals surface area contributed by atoms with E-state index < -0.39 is 41.7 Å². The number of halogens is 4. The number of hydrogen-bond acceptors (Lipinski definition) is 6. The van der Waals surface area contributed by atoms with E-state index in [1.165, 1.54) is 12.1 Å². The van der Waals surface area contributed by atoms with Crippen molar-refractivity contribution < 1.29 is 47.6 Å². The molecule has 1 aromatic rings. The van der Waals surface area contributed by atoms with Crippen molar-refractivity contribution in [3.8, 4) is 0 Å². The minimum absolute atomic E-state index is 0.0139. The maximum Gasteiger partial charge on any atom is 0.419 e. The van der Waals surface area contributed by atoms with Gasteiger partial charge in [-0.3, -0.25) is 4.90 Å². The molecule has 1 heterocycles. The number of hydrogen-bond donors (Lipinski definition) is 5. The zero-order valence-corrected chi connectivity index (χ0v) is 17.6. The molecule has 0 amide bonds. The monoisotopic (exact) mass is 468 g/mol. The number of nitrogens with one attached hydrogen (secondary N) is 1. The second-order valence-corrected chi connectivity index (χ2v) is 7.81. The van der Waals surface area contributed by atoms with Gasteiger partial charge in [0.25, 0.3) is 0 Å². The normalized spacial score (nSPS) is 18.2. The van der Waals surface area contributed by atoms with E-state index >= 15 is 0 Å². The molecule has 0 aliphatic carbocycles. The molecule has 2 unspecified atom stereocenters. The number of alkyl halides is 3. The maximum absolute atomic E-state index is 13.7. The van der Waals surface area contributed by atoms with E-state index in [1.807, 2.05) is 18.7 Å². The lowest BCUT2D eigenvalue weighted by Gasteiger charge is -2.31. The summed E-state index contributed by atoms with van der Waals surface area (Å²) in [5, 5.41) is 35.8. The van der Waals surface area contributed by atoms with Crippen LogP contribution in [0.4, 0.5) is 17.6 Å². The summed E-state index contributed by atoms with van der Waals surface area (Å²) in [5.74, 6) is -4.40. The highest BCUT2D eigenvalue weighted by atomic mass is 19.4. The summed E-state index contributed by atoms with van der Waals surface area (Å²) in [5.41, 5.74) is -1.12. The van der Waals surface area contributed by atoms with Gasteiger partial charge in [-0.15, -0.1) is 0 Å². The summed E-state index contributed by atoms with van der Waals surface area (Å²) >= 11 is 0. The Morgan fingerprint density at radius 2 is 1.72 bits per heavy atom. The minimum atomic E-state index is -4.67. The summed E-state index contributed by atoms with van der Waals surface area (Å²) in [7, 11) is 0. The van der Waals surface area contributed by atoms with Gasteiger partial charge in [0.2, 0.25) is 0 Å². The molecular formula is C20H28F4N2O6. The summed E-state index contributed by atoms with van der Waals surface area (Å²) in [6.45, 7) is 6.52. The lowest BCUT2D eigenvalue weighted by molar-refractivity contribution is -0.165. The molecule has 5 N–H and O–H groups in total. The Balaban J connectivity index is 0.000000433. The van der Waals surface area contributed by atoms with E-state index in [4.69, 9.17) is 20.4 Å². The SMILES string of the molecule is CC(C)CN(Cc1cccc(F)c1C(F)(F)F)[C@H]1CCNC1.O=C(O)C(O)C(O)C(=O)O. The molecule has 1 aliphatic rings. The summed E-state index contributed by atoms with van der Waals surface area (Å²) in [4.78, 5) is 21.6. The Morgan fingerprint density at radius 1 is 1.16 bits per heavy atom. The molecule has 12 heteroatoms. The molecule has 0 spiro atoms. The largest absolute Gasteiger partial charge is 0.479 e. The average molecular weight is 468 g/mol. The van der Waals surface area contributed by atoms with Crippen LogP contribution in [0.2, 0.25) is 0 Å². The zero-order valence-electron chi connectivity index (χ0n) is 17.6. The maximum atomic E-state index is 13.7. The Labute approximate surface area is 182 Å². The van der Waals surface area contributed by atoms with E-state index in [9.17, 15) is 27.2 Å². The number of aliphatic carboxylic acids is 2. The fourth-order valence-corrected chi connectivity index (χ4v) is 3.27. The Hall–Kier alpha value is -2.28. The van der Waals surface area contributed by atoms with Crippen LogP contribution >= 0.6 is 0 Å². The second-order valence-electron chi connectivity index (χ2n) is 7.81. The summed E-state index contributed by atoms with van der Waals surface area (Å²) in [6, 6.07) is 3.80. The van der Waals surface area contributed by atoms with Gasteiger partial charge in [0.1, 0.15) is 5.82 Å². The quantitative estimate of drug-likeness (QED) is 0.364. The molecule has 182 valence electrons.